The molecule has 2 unspecified atom stereocenters. The molecule has 0 fully saturated rings. The monoisotopic (exact) mass is 453 g/mol. The number of hydrogen-bond donors (Lipinski definition) is 2. The lowest BCUT2D eigenvalue weighted by atomic mass is 9.54. The van der Waals surface area contributed by atoms with Gasteiger partial charge in [0.2, 0.25) is 5.91 Å². The topological polar surface area (TPSA) is 66.4 Å². The Bertz CT molecular complexity index is 578. The predicted molar refractivity (Wildman–Crippen MR) is 137 cm³/mol. The number of carbonyl (C=O) groups excluding carboxylic acids is 1. The minimum Gasteiger partial charge on any atom is -0.481 e. The molecule has 0 aliphatic carbocycles. The molecular weight excluding hydrogens is 398 g/mol. The maximum atomic E-state index is 13.4. The van der Waals surface area contributed by atoms with Crippen molar-refractivity contribution in [1.29, 1.82) is 0 Å². The minimum atomic E-state index is -0.749. The first-order valence-corrected chi connectivity index (χ1v) is 12.9. The van der Waals surface area contributed by atoms with Gasteiger partial charge in [-0.15, -0.1) is 0 Å². The molecule has 4 heteroatoms. The van der Waals surface area contributed by atoms with Crippen LogP contribution >= 0.6 is 0 Å². The maximum Gasteiger partial charge on any atom is 0.307 e. The Kier molecular flexibility index (Phi) is 12.0. The summed E-state index contributed by atoms with van der Waals surface area (Å²) in [6, 6.07) is 0. The van der Waals surface area contributed by atoms with Crippen molar-refractivity contribution in [3.05, 3.63) is 0 Å². The first-order valence-electron chi connectivity index (χ1n) is 12.9. The molecule has 2 N–H and O–H groups in total. The minimum absolute atomic E-state index is 0.00569. The Morgan fingerprint density at radius 2 is 1.25 bits per heavy atom. The molecule has 1 amide bonds. The maximum absolute atomic E-state index is 13.4. The summed E-state index contributed by atoms with van der Waals surface area (Å²) in [7, 11) is 0. The lowest BCUT2D eigenvalue weighted by molar-refractivity contribution is -0.149. The molecule has 32 heavy (non-hydrogen) atoms. The third kappa shape index (κ3) is 10.3. The second-order valence-corrected chi connectivity index (χ2v) is 13.4. The van der Waals surface area contributed by atoms with Gasteiger partial charge >= 0.3 is 5.97 Å². The molecule has 2 atom stereocenters. The zero-order valence-electron chi connectivity index (χ0n) is 23.3. The average molecular weight is 454 g/mol. The standard InChI is InChI=1S/C28H55NO3/c1-12-13-14-15-16-17-18-29-23(30)21(19-25(2,3)4)28(10,11)27(8,9)20-22(24(31)32)26(5,6)7/h21-22H,12-20H2,1-11H3,(H,29,30)(H,31,32). The fourth-order valence-electron chi connectivity index (χ4n) is 4.54. The second kappa shape index (κ2) is 12.4. The summed E-state index contributed by atoms with van der Waals surface area (Å²) in [6.45, 7) is 24.1. The number of unbranched alkanes of at least 4 members (excludes halogenated alkanes) is 5. The van der Waals surface area contributed by atoms with Crippen molar-refractivity contribution in [3.8, 4) is 0 Å². The predicted octanol–water partition coefficient (Wildman–Crippen LogP) is 7.70. The van der Waals surface area contributed by atoms with E-state index in [0.29, 0.717) is 6.42 Å². The first kappa shape index (κ1) is 30.9. The summed E-state index contributed by atoms with van der Waals surface area (Å²) in [6.07, 6.45) is 8.54. The van der Waals surface area contributed by atoms with Crippen molar-refractivity contribution in [3.63, 3.8) is 0 Å². The van der Waals surface area contributed by atoms with Crippen LogP contribution in [0.4, 0.5) is 0 Å². The zero-order chi connectivity index (χ0) is 25.4. The van der Waals surface area contributed by atoms with E-state index in [1.165, 1.54) is 25.7 Å². The number of nitrogens with one attached hydrogen (secondary N) is 1. The Hall–Kier alpha value is -1.06. The zero-order valence-corrected chi connectivity index (χ0v) is 23.3. The van der Waals surface area contributed by atoms with Crippen molar-refractivity contribution in [2.75, 3.05) is 6.54 Å². The van der Waals surface area contributed by atoms with Crippen molar-refractivity contribution in [2.45, 2.75) is 128 Å². The first-order chi connectivity index (χ1) is 14.4. The molecule has 0 bridgehead atoms. The SMILES string of the molecule is CCCCCCCCNC(=O)C(CC(C)(C)C)C(C)(C)C(C)(C)CC(C(=O)O)C(C)(C)C. The van der Waals surface area contributed by atoms with Gasteiger partial charge in [0.15, 0.2) is 0 Å². The Morgan fingerprint density at radius 3 is 1.69 bits per heavy atom. The summed E-state index contributed by atoms with van der Waals surface area (Å²) >= 11 is 0. The van der Waals surface area contributed by atoms with Crippen molar-refractivity contribution < 1.29 is 14.7 Å². The van der Waals surface area contributed by atoms with Gasteiger partial charge in [-0.2, -0.15) is 0 Å². The average Bonchev–Trinajstić information content (AvgIpc) is 2.61. The van der Waals surface area contributed by atoms with Crippen LogP contribution in [0.25, 0.3) is 0 Å². The van der Waals surface area contributed by atoms with Gasteiger partial charge < -0.3 is 10.4 Å². The largest absolute Gasteiger partial charge is 0.481 e. The van der Waals surface area contributed by atoms with E-state index in [-0.39, 0.29) is 33.5 Å². The number of aliphatic carboxylic acids is 1. The Balaban J connectivity index is 5.50. The van der Waals surface area contributed by atoms with Gasteiger partial charge in [-0.05, 0) is 40.9 Å². The number of rotatable bonds is 14. The summed E-state index contributed by atoms with van der Waals surface area (Å²) in [5.74, 6) is -1.26. The molecule has 0 aromatic rings. The lowest BCUT2D eigenvalue weighted by Crippen LogP contribution is -2.49. The van der Waals surface area contributed by atoms with Gasteiger partial charge in [0.05, 0.1) is 5.92 Å². The highest BCUT2D eigenvalue weighted by Gasteiger charge is 2.49. The summed E-state index contributed by atoms with van der Waals surface area (Å²) in [5, 5.41) is 13.1. The molecule has 0 aliphatic heterocycles. The van der Waals surface area contributed by atoms with E-state index in [4.69, 9.17) is 0 Å². The number of carbonyl (C=O) groups is 2. The van der Waals surface area contributed by atoms with Crippen LogP contribution in [0, 0.1) is 33.5 Å². The number of carboxylic acid groups (broad SMARTS) is 1. The van der Waals surface area contributed by atoms with E-state index in [0.717, 1.165) is 25.8 Å². The van der Waals surface area contributed by atoms with E-state index in [1.54, 1.807) is 0 Å². The highest BCUT2D eigenvalue weighted by Crippen LogP contribution is 2.53. The fraction of sp³-hybridized carbons (Fsp3) is 0.929. The van der Waals surface area contributed by atoms with Crippen LogP contribution in [0.3, 0.4) is 0 Å². The van der Waals surface area contributed by atoms with Crippen LogP contribution in [-0.2, 0) is 9.59 Å². The molecule has 0 aromatic heterocycles. The summed E-state index contributed by atoms with van der Waals surface area (Å²) in [4.78, 5) is 25.5. The number of carboxylic acids is 1. The molecular formula is C28H55NO3. The molecule has 0 saturated carbocycles. The van der Waals surface area contributed by atoms with Gasteiger partial charge in [-0.25, -0.2) is 0 Å². The Labute approximate surface area is 199 Å². The summed E-state index contributed by atoms with van der Waals surface area (Å²) < 4.78 is 0. The molecule has 0 aromatic carbocycles. The van der Waals surface area contributed by atoms with E-state index < -0.39 is 11.9 Å². The highest BCUT2D eigenvalue weighted by atomic mass is 16.4. The molecule has 0 spiro atoms. The van der Waals surface area contributed by atoms with Gasteiger partial charge in [-0.3, -0.25) is 9.59 Å². The van der Waals surface area contributed by atoms with Crippen LogP contribution in [0.15, 0.2) is 0 Å². The third-order valence-corrected chi connectivity index (χ3v) is 7.64. The highest BCUT2D eigenvalue weighted by molar-refractivity contribution is 5.79. The van der Waals surface area contributed by atoms with Crippen molar-refractivity contribution in [1.82, 2.24) is 5.32 Å². The second-order valence-electron chi connectivity index (χ2n) is 13.4. The van der Waals surface area contributed by atoms with Crippen LogP contribution < -0.4 is 5.32 Å². The molecule has 0 saturated heterocycles. The van der Waals surface area contributed by atoms with E-state index in [1.807, 2.05) is 20.8 Å². The number of amides is 1. The fourth-order valence-corrected chi connectivity index (χ4v) is 4.54. The quantitative estimate of drug-likeness (QED) is 0.265. The molecule has 0 rings (SSSR count). The molecule has 0 heterocycles. The molecule has 0 radical (unpaired) electrons. The normalized spacial score (nSPS) is 15.3. The van der Waals surface area contributed by atoms with Crippen LogP contribution in [0.2, 0.25) is 0 Å². The molecule has 0 aliphatic rings. The van der Waals surface area contributed by atoms with Crippen molar-refractivity contribution >= 4 is 11.9 Å². The van der Waals surface area contributed by atoms with Gasteiger partial charge in [0, 0.05) is 12.5 Å². The van der Waals surface area contributed by atoms with Gasteiger partial charge in [0.1, 0.15) is 0 Å². The van der Waals surface area contributed by atoms with E-state index in [9.17, 15) is 14.7 Å². The Morgan fingerprint density at radius 1 is 0.750 bits per heavy atom. The van der Waals surface area contributed by atoms with E-state index >= 15 is 0 Å². The van der Waals surface area contributed by atoms with Crippen LogP contribution in [-0.4, -0.2) is 23.5 Å². The van der Waals surface area contributed by atoms with Crippen LogP contribution in [0.1, 0.15) is 128 Å². The third-order valence-electron chi connectivity index (χ3n) is 7.64. The van der Waals surface area contributed by atoms with E-state index in [2.05, 4.69) is 60.7 Å². The summed E-state index contributed by atoms with van der Waals surface area (Å²) in [5.41, 5.74) is -1.01. The molecule has 4 nitrogen and oxygen atoms in total. The van der Waals surface area contributed by atoms with Gasteiger partial charge in [-0.1, -0.05) is 108 Å². The van der Waals surface area contributed by atoms with Crippen LogP contribution in [0.5, 0.6) is 0 Å². The van der Waals surface area contributed by atoms with Gasteiger partial charge in [0.25, 0.3) is 0 Å². The smallest absolute Gasteiger partial charge is 0.307 e. The number of hydrogen-bond acceptors (Lipinski definition) is 2. The van der Waals surface area contributed by atoms with Crippen molar-refractivity contribution in [2.24, 2.45) is 33.5 Å². The lowest BCUT2D eigenvalue weighted by Gasteiger charge is -2.50. The molecule has 190 valence electrons.